The number of nitrogens with one attached hydrogen (secondary N) is 1. The van der Waals surface area contributed by atoms with Crippen LogP contribution in [0.1, 0.15) is 5.56 Å². The minimum Gasteiger partial charge on any atom is -0.322 e. The molecule has 22 heavy (non-hydrogen) atoms. The van der Waals surface area contributed by atoms with E-state index in [0.29, 0.717) is 21.3 Å². The zero-order valence-corrected chi connectivity index (χ0v) is 12.6. The second kappa shape index (κ2) is 7.06. The lowest BCUT2D eigenvalue weighted by atomic mass is 10.2. The Morgan fingerprint density at radius 2 is 1.68 bits per heavy atom. The van der Waals surface area contributed by atoms with Crippen molar-refractivity contribution in [3.05, 3.63) is 74.3 Å². The van der Waals surface area contributed by atoms with Gasteiger partial charge in [0.1, 0.15) is 0 Å². The first-order valence-electron chi connectivity index (χ1n) is 6.13. The quantitative estimate of drug-likeness (QED) is 0.505. The molecule has 0 aliphatic carbocycles. The SMILES string of the molecule is O=C(/C=C/c1ccc([N+](=O)[O-])cc1)Nc1cc(Cl)cc(Cl)c1. The third-order valence-electron chi connectivity index (χ3n) is 2.66. The van der Waals surface area contributed by atoms with Crippen LogP contribution >= 0.6 is 23.2 Å². The van der Waals surface area contributed by atoms with Crippen molar-refractivity contribution in [2.45, 2.75) is 0 Å². The van der Waals surface area contributed by atoms with Gasteiger partial charge in [-0.05, 0) is 42.0 Å². The zero-order chi connectivity index (χ0) is 16.1. The number of halogens is 2. The molecule has 5 nitrogen and oxygen atoms in total. The molecule has 112 valence electrons. The Hall–Kier alpha value is -2.37. The maximum Gasteiger partial charge on any atom is 0.269 e. The van der Waals surface area contributed by atoms with E-state index >= 15 is 0 Å². The summed E-state index contributed by atoms with van der Waals surface area (Å²) in [4.78, 5) is 21.8. The summed E-state index contributed by atoms with van der Waals surface area (Å²) in [6.07, 6.45) is 2.86. The molecule has 0 saturated carbocycles. The Morgan fingerprint density at radius 3 is 2.23 bits per heavy atom. The van der Waals surface area contributed by atoms with Gasteiger partial charge in [-0.15, -0.1) is 0 Å². The van der Waals surface area contributed by atoms with Gasteiger partial charge in [0, 0.05) is 33.9 Å². The standard InChI is InChI=1S/C15H10Cl2N2O3/c16-11-7-12(17)9-13(8-11)18-15(20)6-3-10-1-4-14(5-2-10)19(21)22/h1-9H,(H,18,20)/b6-3+. The summed E-state index contributed by atoms with van der Waals surface area (Å²) in [5.41, 5.74) is 1.15. The molecule has 0 spiro atoms. The number of nitrogens with zero attached hydrogens (tertiary/aromatic N) is 1. The maximum absolute atomic E-state index is 11.8. The monoisotopic (exact) mass is 336 g/mol. The summed E-state index contributed by atoms with van der Waals surface area (Å²) in [5, 5.41) is 14.0. The smallest absolute Gasteiger partial charge is 0.269 e. The van der Waals surface area contributed by atoms with E-state index in [1.807, 2.05) is 0 Å². The van der Waals surface area contributed by atoms with Crippen molar-refractivity contribution in [3.8, 4) is 0 Å². The average Bonchev–Trinajstić information content (AvgIpc) is 2.44. The highest BCUT2D eigenvalue weighted by atomic mass is 35.5. The van der Waals surface area contributed by atoms with Gasteiger partial charge >= 0.3 is 0 Å². The van der Waals surface area contributed by atoms with Crippen molar-refractivity contribution in [1.29, 1.82) is 0 Å². The number of benzene rings is 2. The van der Waals surface area contributed by atoms with E-state index in [1.165, 1.54) is 18.2 Å². The van der Waals surface area contributed by atoms with Crippen LogP contribution in [-0.2, 0) is 4.79 Å². The van der Waals surface area contributed by atoms with Crippen molar-refractivity contribution in [3.63, 3.8) is 0 Å². The number of rotatable bonds is 4. The van der Waals surface area contributed by atoms with Crippen LogP contribution in [0.15, 0.2) is 48.5 Å². The number of anilines is 1. The van der Waals surface area contributed by atoms with E-state index in [9.17, 15) is 14.9 Å². The largest absolute Gasteiger partial charge is 0.322 e. The maximum atomic E-state index is 11.8. The number of amides is 1. The molecule has 0 unspecified atom stereocenters. The number of hydrogen-bond acceptors (Lipinski definition) is 3. The first-order chi connectivity index (χ1) is 10.4. The molecule has 0 aliphatic rings. The second-order valence-corrected chi connectivity index (χ2v) is 5.20. The van der Waals surface area contributed by atoms with Crippen LogP contribution < -0.4 is 5.32 Å². The van der Waals surface area contributed by atoms with Gasteiger partial charge in [-0.2, -0.15) is 0 Å². The minimum atomic E-state index is -0.483. The van der Waals surface area contributed by atoms with Gasteiger partial charge in [0.15, 0.2) is 0 Å². The molecule has 0 aliphatic heterocycles. The van der Waals surface area contributed by atoms with Crippen molar-refractivity contribution < 1.29 is 9.72 Å². The molecule has 0 aromatic heterocycles. The summed E-state index contributed by atoms with van der Waals surface area (Å²) >= 11 is 11.7. The van der Waals surface area contributed by atoms with Crippen molar-refractivity contribution in [1.82, 2.24) is 0 Å². The molecule has 0 saturated heterocycles. The Balaban J connectivity index is 2.03. The fraction of sp³-hybridized carbons (Fsp3) is 0. The summed E-state index contributed by atoms with van der Waals surface area (Å²) in [6, 6.07) is 10.6. The molecule has 1 amide bonds. The zero-order valence-electron chi connectivity index (χ0n) is 11.1. The molecule has 0 heterocycles. The van der Waals surface area contributed by atoms with Gasteiger partial charge in [-0.1, -0.05) is 23.2 Å². The molecule has 0 radical (unpaired) electrons. The third-order valence-corrected chi connectivity index (χ3v) is 3.10. The molecule has 0 fully saturated rings. The summed E-state index contributed by atoms with van der Waals surface area (Å²) in [7, 11) is 0. The highest BCUT2D eigenvalue weighted by Gasteiger charge is 2.03. The van der Waals surface area contributed by atoms with Gasteiger partial charge in [-0.3, -0.25) is 14.9 Å². The van der Waals surface area contributed by atoms with Gasteiger partial charge in [-0.25, -0.2) is 0 Å². The Morgan fingerprint density at radius 1 is 1.09 bits per heavy atom. The average molecular weight is 337 g/mol. The van der Waals surface area contributed by atoms with Crippen molar-refractivity contribution in [2.75, 3.05) is 5.32 Å². The van der Waals surface area contributed by atoms with E-state index in [-0.39, 0.29) is 11.6 Å². The molecular formula is C15H10Cl2N2O3. The van der Waals surface area contributed by atoms with Crippen LogP contribution in [0.5, 0.6) is 0 Å². The molecule has 2 aromatic rings. The highest BCUT2D eigenvalue weighted by Crippen LogP contribution is 2.22. The fourth-order valence-electron chi connectivity index (χ4n) is 1.69. The number of carbonyl (C=O) groups excluding carboxylic acids is 1. The number of hydrogen-bond donors (Lipinski definition) is 1. The van der Waals surface area contributed by atoms with E-state index in [0.717, 1.165) is 0 Å². The van der Waals surface area contributed by atoms with Crippen LogP contribution in [0.4, 0.5) is 11.4 Å². The predicted molar refractivity (Wildman–Crippen MR) is 87.2 cm³/mol. The Kier molecular flexibility index (Phi) is 5.14. The van der Waals surface area contributed by atoms with Crippen molar-refractivity contribution >= 4 is 46.6 Å². The van der Waals surface area contributed by atoms with E-state index in [4.69, 9.17) is 23.2 Å². The molecule has 0 atom stereocenters. The predicted octanol–water partition coefficient (Wildman–Crippen LogP) is 4.55. The first kappa shape index (κ1) is 16.0. The van der Waals surface area contributed by atoms with Crippen LogP contribution in [0, 0.1) is 10.1 Å². The van der Waals surface area contributed by atoms with Crippen LogP contribution in [0.2, 0.25) is 10.0 Å². The van der Waals surface area contributed by atoms with E-state index in [1.54, 1.807) is 36.4 Å². The normalized spacial score (nSPS) is 10.6. The second-order valence-electron chi connectivity index (χ2n) is 4.33. The summed E-state index contributed by atoms with van der Waals surface area (Å²) in [6.45, 7) is 0. The fourth-order valence-corrected chi connectivity index (χ4v) is 2.22. The molecule has 0 bridgehead atoms. The molecule has 2 rings (SSSR count). The Labute approximate surface area is 136 Å². The van der Waals surface area contributed by atoms with E-state index < -0.39 is 4.92 Å². The lowest BCUT2D eigenvalue weighted by Gasteiger charge is -2.03. The number of non-ortho nitro benzene ring substituents is 1. The molecule has 1 N–H and O–H groups in total. The number of carbonyl (C=O) groups is 1. The first-order valence-corrected chi connectivity index (χ1v) is 6.89. The van der Waals surface area contributed by atoms with E-state index in [2.05, 4.69) is 5.32 Å². The highest BCUT2D eigenvalue weighted by molar-refractivity contribution is 6.35. The van der Waals surface area contributed by atoms with Gasteiger partial charge in [0.05, 0.1) is 4.92 Å². The summed E-state index contributed by atoms with van der Waals surface area (Å²) < 4.78 is 0. The molecule has 7 heteroatoms. The topological polar surface area (TPSA) is 72.2 Å². The third kappa shape index (κ3) is 4.58. The number of nitro benzene ring substituents is 1. The molecular weight excluding hydrogens is 327 g/mol. The van der Waals surface area contributed by atoms with Crippen LogP contribution in [0.3, 0.4) is 0 Å². The number of nitro groups is 1. The molecule has 2 aromatic carbocycles. The Bertz CT molecular complexity index is 723. The lowest BCUT2D eigenvalue weighted by Crippen LogP contribution is -2.07. The van der Waals surface area contributed by atoms with Crippen LogP contribution in [0.25, 0.3) is 6.08 Å². The lowest BCUT2D eigenvalue weighted by molar-refractivity contribution is -0.384. The van der Waals surface area contributed by atoms with Gasteiger partial charge < -0.3 is 5.32 Å². The van der Waals surface area contributed by atoms with Crippen molar-refractivity contribution in [2.24, 2.45) is 0 Å². The van der Waals surface area contributed by atoms with Gasteiger partial charge in [0.2, 0.25) is 5.91 Å². The minimum absolute atomic E-state index is 0.00447. The van der Waals surface area contributed by atoms with Gasteiger partial charge in [0.25, 0.3) is 5.69 Å². The summed E-state index contributed by atoms with van der Waals surface area (Å²) in [5.74, 6) is -0.364. The van der Waals surface area contributed by atoms with Crippen LogP contribution in [-0.4, -0.2) is 10.8 Å².